The monoisotopic (exact) mass is 888 g/mol. The molecular weight excluding hydrogens is 779 g/mol. The fourth-order valence-electron chi connectivity index (χ4n) is 8.63. The van der Waals surface area contributed by atoms with Gasteiger partial charge < -0.3 is 20.3 Å². The van der Waals surface area contributed by atoms with Crippen molar-refractivity contribution in [3.63, 3.8) is 0 Å². The molecule has 0 aliphatic rings. The first-order valence-corrected chi connectivity index (χ1v) is 28.1. The SMILES string of the molecule is CCCCCCC/C=C\CCCCCCCC(=O)OCCCCCCCCCCC/C=C\CCCCCCCC(=O)NC(CO)C(O)CCCCCCCCCCCCCCCC. The van der Waals surface area contributed by atoms with Crippen LogP contribution >= 0.6 is 0 Å². The number of unbranched alkanes of at least 4 members (excludes halogenated alkanes) is 37. The van der Waals surface area contributed by atoms with E-state index in [4.69, 9.17) is 4.74 Å². The molecule has 0 aromatic rings. The number of aliphatic hydroxyl groups excluding tert-OH is 2. The number of ether oxygens (including phenoxy) is 1. The van der Waals surface area contributed by atoms with E-state index in [9.17, 15) is 19.8 Å². The number of hydrogen-bond donors (Lipinski definition) is 3. The number of carbonyl (C=O) groups is 2. The molecule has 3 N–H and O–H groups in total. The van der Waals surface area contributed by atoms with Gasteiger partial charge in [-0.25, -0.2) is 0 Å². The molecule has 0 radical (unpaired) electrons. The van der Waals surface area contributed by atoms with Gasteiger partial charge in [-0.2, -0.15) is 0 Å². The summed E-state index contributed by atoms with van der Waals surface area (Å²) < 4.78 is 5.46. The molecular formula is C57H109NO5. The van der Waals surface area contributed by atoms with Crippen LogP contribution in [0, 0.1) is 0 Å². The van der Waals surface area contributed by atoms with E-state index in [2.05, 4.69) is 43.5 Å². The van der Waals surface area contributed by atoms with E-state index < -0.39 is 12.1 Å². The Balaban J connectivity index is 3.45. The molecule has 0 aromatic carbocycles. The molecule has 63 heavy (non-hydrogen) atoms. The van der Waals surface area contributed by atoms with E-state index in [1.807, 2.05) is 0 Å². The van der Waals surface area contributed by atoms with Crippen molar-refractivity contribution in [1.82, 2.24) is 5.32 Å². The Bertz CT molecular complexity index is 982. The zero-order valence-electron chi connectivity index (χ0n) is 42.3. The highest BCUT2D eigenvalue weighted by molar-refractivity contribution is 5.76. The predicted octanol–water partition coefficient (Wildman–Crippen LogP) is 17.1. The van der Waals surface area contributed by atoms with Gasteiger partial charge in [0.05, 0.1) is 25.4 Å². The molecule has 2 atom stereocenters. The third kappa shape index (κ3) is 49.6. The first-order valence-electron chi connectivity index (χ1n) is 28.1. The van der Waals surface area contributed by atoms with Gasteiger partial charge in [0, 0.05) is 12.8 Å². The van der Waals surface area contributed by atoms with Gasteiger partial charge in [-0.1, -0.05) is 237 Å². The van der Waals surface area contributed by atoms with Gasteiger partial charge in [0.15, 0.2) is 0 Å². The van der Waals surface area contributed by atoms with Crippen LogP contribution in [0.25, 0.3) is 0 Å². The molecule has 6 nitrogen and oxygen atoms in total. The second-order valence-electron chi connectivity index (χ2n) is 19.3. The van der Waals surface area contributed by atoms with Gasteiger partial charge in [0.25, 0.3) is 0 Å². The summed E-state index contributed by atoms with van der Waals surface area (Å²) in [5.74, 6) is -0.0543. The summed E-state index contributed by atoms with van der Waals surface area (Å²) in [6.45, 7) is 4.93. The zero-order valence-corrected chi connectivity index (χ0v) is 42.3. The lowest BCUT2D eigenvalue weighted by atomic mass is 10.0. The molecule has 0 bridgehead atoms. The summed E-state index contributed by atoms with van der Waals surface area (Å²) in [5, 5.41) is 23.2. The van der Waals surface area contributed by atoms with Crippen molar-refractivity contribution in [1.29, 1.82) is 0 Å². The average Bonchev–Trinajstić information content (AvgIpc) is 3.28. The highest BCUT2D eigenvalue weighted by atomic mass is 16.5. The number of carbonyl (C=O) groups excluding carboxylic acids is 2. The fraction of sp³-hybridized carbons (Fsp3) is 0.895. The van der Waals surface area contributed by atoms with Crippen LogP contribution in [0.5, 0.6) is 0 Å². The Kier molecular flexibility index (Phi) is 51.6. The number of aliphatic hydroxyl groups is 2. The minimum Gasteiger partial charge on any atom is -0.466 e. The van der Waals surface area contributed by atoms with Gasteiger partial charge in [-0.15, -0.1) is 0 Å². The van der Waals surface area contributed by atoms with E-state index in [-0.39, 0.29) is 18.5 Å². The Labute approximate surface area is 392 Å². The molecule has 0 rings (SSSR count). The molecule has 0 saturated heterocycles. The van der Waals surface area contributed by atoms with E-state index in [1.165, 1.54) is 212 Å². The largest absolute Gasteiger partial charge is 0.466 e. The predicted molar refractivity (Wildman–Crippen MR) is 273 cm³/mol. The normalized spacial score (nSPS) is 12.8. The van der Waals surface area contributed by atoms with Crippen LogP contribution in [-0.2, 0) is 14.3 Å². The van der Waals surface area contributed by atoms with Crippen LogP contribution in [-0.4, -0.2) is 47.4 Å². The number of esters is 1. The van der Waals surface area contributed by atoms with Gasteiger partial charge >= 0.3 is 5.97 Å². The number of amides is 1. The highest BCUT2D eigenvalue weighted by Crippen LogP contribution is 2.16. The Morgan fingerprint density at radius 1 is 0.429 bits per heavy atom. The Hall–Kier alpha value is -1.66. The lowest BCUT2D eigenvalue weighted by Crippen LogP contribution is -2.45. The minimum absolute atomic E-state index is 0.00553. The van der Waals surface area contributed by atoms with E-state index >= 15 is 0 Å². The molecule has 0 aliphatic carbocycles. The van der Waals surface area contributed by atoms with Crippen LogP contribution in [0.3, 0.4) is 0 Å². The summed E-state index contributed by atoms with van der Waals surface area (Å²) in [5.41, 5.74) is 0. The van der Waals surface area contributed by atoms with E-state index in [1.54, 1.807) is 0 Å². The fourth-order valence-corrected chi connectivity index (χ4v) is 8.63. The first-order chi connectivity index (χ1) is 31.0. The van der Waals surface area contributed by atoms with E-state index in [0.29, 0.717) is 25.9 Å². The third-order valence-corrected chi connectivity index (χ3v) is 13.0. The minimum atomic E-state index is -0.672. The van der Waals surface area contributed by atoms with Crippen LogP contribution < -0.4 is 5.32 Å². The second kappa shape index (κ2) is 53.0. The summed E-state index contributed by atoms with van der Waals surface area (Å²) in [6.07, 6.45) is 63.0. The summed E-state index contributed by atoms with van der Waals surface area (Å²) >= 11 is 0. The van der Waals surface area contributed by atoms with Crippen molar-refractivity contribution < 1.29 is 24.5 Å². The van der Waals surface area contributed by atoms with Gasteiger partial charge in [-0.05, 0) is 77.0 Å². The summed E-state index contributed by atoms with van der Waals surface area (Å²) in [4.78, 5) is 24.5. The molecule has 2 unspecified atom stereocenters. The molecule has 0 heterocycles. The topological polar surface area (TPSA) is 95.9 Å². The van der Waals surface area contributed by atoms with Crippen molar-refractivity contribution in [3.05, 3.63) is 24.3 Å². The molecule has 0 aromatic heterocycles. The maximum Gasteiger partial charge on any atom is 0.305 e. The third-order valence-electron chi connectivity index (χ3n) is 13.0. The van der Waals surface area contributed by atoms with E-state index in [0.717, 1.165) is 57.8 Å². The average molecular weight is 889 g/mol. The number of allylic oxidation sites excluding steroid dienone is 4. The summed E-state index contributed by atoms with van der Waals surface area (Å²) in [6, 6.07) is -0.551. The number of hydrogen-bond acceptors (Lipinski definition) is 5. The lowest BCUT2D eigenvalue weighted by molar-refractivity contribution is -0.143. The van der Waals surface area contributed by atoms with Crippen molar-refractivity contribution >= 4 is 11.9 Å². The van der Waals surface area contributed by atoms with Crippen molar-refractivity contribution in [2.45, 2.75) is 315 Å². The van der Waals surface area contributed by atoms with Crippen molar-refractivity contribution in [3.8, 4) is 0 Å². The second-order valence-corrected chi connectivity index (χ2v) is 19.3. The van der Waals surface area contributed by atoms with Crippen LogP contribution in [0.2, 0.25) is 0 Å². The maximum absolute atomic E-state index is 12.5. The lowest BCUT2D eigenvalue weighted by Gasteiger charge is -2.22. The molecule has 0 fully saturated rings. The Morgan fingerprint density at radius 3 is 1.13 bits per heavy atom. The number of rotatable bonds is 52. The molecule has 0 saturated carbocycles. The van der Waals surface area contributed by atoms with Gasteiger partial charge in [-0.3, -0.25) is 9.59 Å². The zero-order chi connectivity index (χ0) is 45.8. The van der Waals surface area contributed by atoms with Crippen LogP contribution in [0.15, 0.2) is 24.3 Å². The number of nitrogens with one attached hydrogen (secondary N) is 1. The highest BCUT2D eigenvalue weighted by Gasteiger charge is 2.20. The first kappa shape index (κ1) is 61.3. The van der Waals surface area contributed by atoms with Crippen molar-refractivity contribution in [2.75, 3.05) is 13.2 Å². The van der Waals surface area contributed by atoms with Crippen LogP contribution in [0.4, 0.5) is 0 Å². The molecule has 0 aliphatic heterocycles. The molecule has 1 amide bonds. The Morgan fingerprint density at radius 2 is 0.746 bits per heavy atom. The molecule has 6 heteroatoms. The van der Waals surface area contributed by atoms with Gasteiger partial charge in [0.2, 0.25) is 5.91 Å². The van der Waals surface area contributed by atoms with Crippen LogP contribution in [0.1, 0.15) is 303 Å². The smallest absolute Gasteiger partial charge is 0.305 e. The standard InChI is InChI=1S/C57H109NO5/c1-3-5-7-9-11-13-15-17-25-29-33-37-41-45-49-55(60)54(53-59)58-56(61)50-46-42-38-34-30-26-23-21-19-20-22-24-28-32-36-40-44-48-52-63-57(62)51-47-43-39-35-31-27-18-16-14-12-10-8-6-4-2/h16,18,21,23,54-55,59-60H,3-15,17,19-20,22,24-53H2,1-2H3,(H,58,61)/b18-16-,23-21-. The summed E-state index contributed by atoms with van der Waals surface area (Å²) in [7, 11) is 0. The maximum atomic E-state index is 12.5. The van der Waals surface area contributed by atoms with Crippen molar-refractivity contribution in [2.24, 2.45) is 0 Å². The molecule has 0 spiro atoms. The molecule has 372 valence electrons. The quantitative estimate of drug-likeness (QED) is 0.0321. The van der Waals surface area contributed by atoms with Gasteiger partial charge in [0.1, 0.15) is 0 Å².